The van der Waals surface area contributed by atoms with Crippen LogP contribution >= 0.6 is 12.2 Å². The Hall–Kier alpha value is -2.33. The van der Waals surface area contributed by atoms with Crippen molar-refractivity contribution in [3.05, 3.63) is 65.9 Å². The number of hydrogen-bond donors (Lipinski definition) is 1. The smallest absolute Gasteiger partial charge is 0.173 e. The van der Waals surface area contributed by atoms with E-state index in [2.05, 4.69) is 65.3 Å². The van der Waals surface area contributed by atoms with Crippen LogP contribution in [0.4, 0.5) is 5.69 Å². The quantitative estimate of drug-likeness (QED) is 0.725. The van der Waals surface area contributed by atoms with Crippen LogP contribution in [0.25, 0.3) is 10.9 Å². The molecule has 0 aliphatic rings. The minimum absolute atomic E-state index is 0.729. The Morgan fingerprint density at radius 1 is 1.13 bits per heavy atom. The van der Waals surface area contributed by atoms with Gasteiger partial charge in [-0.15, -0.1) is 0 Å². The largest absolute Gasteiger partial charge is 0.350 e. The zero-order valence-corrected chi connectivity index (χ0v) is 14.5. The minimum Gasteiger partial charge on any atom is -0.350 e. The first-order chi connectivity index (χ1) is 11.1. The molecule has 0 bridgehead atoms. The summed E-state index contributed by atoms with van der Waals surface area (Å²) < 4.78 is 2.16. The van der Waals surface area contributed by atoms with Gasteiger partial charge in [0.25, 0.3) is 0 Å². The summed E-state index contributed by atoms with van der Waals surface area (Å²) in [6.07, 6.45) is 2.18. The Bertz CT molecular complexity index is 851. The topological polar surface area (TPSA) is 20.2 Å². The SMILES string of the molecule is Cc1ccccc1NC(=S)N(C)Cc1cn(C)c2ccccc12. The maximum absolute atomic E-state index is 5.56. The summed E-state index contributed by atoms with van der Waals surface area (Å²) in [7, 11) is 4.10. The van der Waals surface area contributed by atoms with Crippen LogP contribution in [0.2, 0.25) is 0 Å². The summed E-state index contributed by atoms with van der Waals surface area (Å²) in [4.78, 5) is 2.07. The molecule has 118 valence electrons. The number of hydrogen-bond acceptors (Lipinski definition) is 1. The van der Waals surface area contributed by atoms with Crippen molar-refractivity contribution in [3.63, 3.8) is 0 Å². The predicted molar refractivity (Wildman–Crippen MR) is 102 cm³/mol. The number of anilines is 1. The Morgan fingerprint density at radius 2 is 1.83 bits per heavy atom. The van der Waals surface area contributed by atoms with Crippen molar-refractivity contribution in [2.75, 3.05) is 12.4 Å². The van der Waals surface area contributed by atoms with E-state index >= 15 is 0 Å². The Labute approximate surface area is 142 Å². The lowest BCUT2D eigenvalue weighted by Gasteiger charge is -2.21. The molecule has 3 aromatic rings. The molecule has 1 N–H and O–H groups in total. The van der Waals surface area contributed by atoms with Crippen molar-refractivity contribution >= 4 is 33.9 Å². The second kappa shape index (κ2) is 6.42. The Morgan fingerprint density at radius 3 is 2.61 bits per heavy atom. The molecule has 3 nitrogen and oxygen atoms in total. The van der Waals surface area contributed by atoms with E-state index in [0.29, 0.717) is 0 Å². The highest BCUT2D eigenvalue weighted by atomic mass is 32.1. The fourth-order valence-electron chi connectivity index (χ4n) is 2.80. The fraction of sp³-hybridized carbons (Fsp3) is 0.211. The number of nitrogens with one attached hydrogen (secondary N) is 1. The molecular weight excluding hydrogens is 302 g/mol. The fourth-order valence-corrected chi connectivity index (χ4v) is 2.98. The van der Waals surface area contributed by atoms with Crippen molar-refractivity contribution in [1.29, 1.82) is 0 Å². The van der Waals surface area contributed by atoms with E-state index in [1.165, 1.54) is 22.0 Å². The van der Waals surface area contributed by atoms with Crippen LogP contribution in [0.1, 0.15) is 11.1 Å². The molecule has 23 heavy (non-hydrogen) atoms. The molecule has 1 aromatic heterocycles. The molecule has 0 saturated carbocycles. The summed E-state index contributed by atoms with van der Waals surface area (Å²) in [6.45, 7) is 2.86. The van der Waals surface area contributed by atoms with Gasteiger partial charge in [-0.25, -0.2) is 0 Å². The van der Waals surface area contributed by atoms with Crippen LogP contribution in [0.3, 0.4) is 0 Å². The molecule has 0 fully saturated rings. The highest BCUT2D eigenvalue weighted by molar-refractivity contribution is 7.80. The van der Waals surface area contributed by atoms with Gasteiger partial charge in [0.05, 0.1) is 0 Å². The molecule has 3 rings (SSSR count). The lowest BCUT2D eigenvalue weighted by molar-refractivity contribution is 0.510. The molecule has 0 spiro atoms. The van der Waals surface area contributed by atoms with Gasteiger partial charge < -0.3 is 14.8 Å². The van der Waals surface area contributed by atoms with E-state index in [4.69, 9.17) is 12.2 Å². The van der Waals surface area contributed by atoms with Crippen LogP contribution in [0.5, 0.6) is 0 Å². The summed E-state index contributed by atoms with van der Waals surface area (Å²) >= 11 is 5.56. The summed E-state index contributed by atoms with van der Waals surface area (Å²) in [6, 6.07) is 16.6. The van der Waals surface area contributed by atoms with Gasteiger partial charge in [0, 0.05) is 43.4 Å². The van der Waals surface area contributed by atoms with Gasteiger partial charge in [0.15, 0.2) is 5.11 Å². The first-order valence-electron chi connectivity index (χ1n) is 7.67. The zero-order valence-electron chi connectivity index (χ0n) is 13.7. The maximum atomic E-state index is 5.56. The van der Waals surface area contributed by atoms with Crippen LogP contribution < -0.4 is 5.32 Å². The monoisotopic (exact) mass is 323 g/mol. The third-order valence-corrected chi connectivity index (χ3v) is 4.53. The van der Waals surface area contributed by atoms with Gasteiger partial charge in [-0.3, -0.25) is 0 Å². The number of aromatic nitrogens is 1. The molecule has 0 unspecified atom stereocenters. The second-order valence-corrected chi connectivity index (χ2v) is 6.27. The molecule has 0 amide bonds. The normalized spacial score (nSPS) is 10.7. The van der Waals surface area contributed by atoms with Crippen LogP contribution in [0.15, 0.2) is 54.7 Å². The van der Waals surface area contributed by atoms with Crippen molar-refractivity contribution in [2.24, 2.45) is 7.05 Å². The third-order valence-electron chi connectivity index (χ3n) is 4.12. The van der Waals surface area contributed by atoms with Gasteiger partial charge >= 0.3 is 0 Å². The van der Waals surface area contributed by atoms with Crippen LogP contribution in [-0.2, 0) is 13.6 Å². The molecule has 0 saturated heterocycles. The van der Waals surface area contributed by atoms with Gasteiger partial charge in [-0.1, -0.05) is 36.4 Å². The Balaban J connectivity index is 1.77. The standard InChI is InChI=1S/C19H21N3S/c1-14-8-4-6-10-17(14)20-19(23)22(3)13-15-12-21(2)18-11-7-5-9-16(15)18/h4-12H,13H2,1-3H3,(H,20,23). The number of benzene rings is 2. The van der Waals surface area contributed by atoms with E-state index in [-0.39, 0.29) is 0 Å². The van der Waals surface area contributed by atoms with Crippen LogP contribution in [0, 0.1) is 6.92 Å². The molecule has 2 aromatic carbocycles. The number of aryl methyl sites for hydroxylation is 2. The van der Waals surface area contributed by atoms with Gasteiger partial charge in [-0.05, 0) is 42.4 Å². The van der Waals surface area contributed by atoms with Gasteiger partial charge in [0.2, 0.25) is 0 Å². The average molecular weight is 323 g/mol. The van der Waals surface area contributed by atoms with E-state index in [1.54, 1.807) is 0 Å². The van der Waals surface area contributed by atoms with Crippen molar-refractivity contribution < 1.29 is 0 Å². The van der Waals surface area contributed by atoms with Gasteiger partial charge in [0.1, 0.15) is 0 Å². The highest BCUT2D eigenvalue weighted by Crippen LogP contribution is 2.22. The van der Waals surface area contributed by atoms with Gasteiger partial charge in [-0.2, -0.15) is 0 Å². The molecule has 0 atom stereocenters. The number of rotatable bonds is 3. The first kappa shape index (κ1) is 15.6. The third kappa shape index (κ3) is 3.22. The summed E-state index contributed by atoms with van der Waals surface area (Å²) in [5.74, 6) is 0. The van der Waals surface area contributed by atoms with Crippen molar-refractivity contribution in [3.8, 4) is 0 Å². The van der Waals surface area contributed by atoms with Crippen LogP contribution in [-0.4, -0.2) is 21.6 Å². The predicted octanol–water partition coefficient (Wildman–Crippen LogP) is 4.32. The summed E-state index contributed by atoms with van der Waals surface area (Å²) in [5, 5.41) is 5.34. The number of thiocarbonyl (C=S) groups is 1. The van der Waals surface area contributed by atoms with E-state index in [1.807, 2.05) is 25.2 Å². The minimum atomic E-state index is 0.729. The van der Waals surface area contributed by atoms with E-state index < -0.39 is 0 Å². The highest BCUT2D eigenvalue weighted by Gasteiger charge is 2.11. The lowest BCUT2D eigenvalue weighted by Crippen LogP contribution is -2.30. The lowest BCUT2D eigenvalue weighted by atomic mass is 10.1. The number of para-hydroxylation sites is 2. The molecular formula is C19H21N3S. The van der Waals surface area contributed by atoms with E-state index in [0.717, 1.165) is 17.3 Å². The number of fused-ring (bicyclic) bond motifs is 1. The van der Waals surface area contributed by atoms with E-state index in [9.17, 15) is 0 Å². The van der Waals surface area contributed by atoms with Crippen molar-refractivity contribution in [2.45, 2.75) is 13.5 Å². The van der Waals surface area contributed by atoms with Crippen molar-refractivity contribution in [1.82, 2.24) is 9.47 Å². The molecule has 1 heterocycles. The molecule has 0 radical (unpaired) electrons. The zero-order chi connectivity index (χ0) is 16.4. The molecule has 4 heteroatoms. The second-order valence-electron chi connectivity index (χ2n) is 5.88. The Kier molecular flexibility index (Phi) is 4.35. The number of nitrogens with zero attached hydrogens (tertiary/aromatic N) is 2. The molecule has 0 aliphatic carbocycles. The molecule has 0 aliphatic heterocycles. The maximum Gasteiger partial charge on any atom is 0.173 e. The average Bonchev–Trinajstić information content (AvgIpc) is 2.86. The first-order valence-corrected chi connectivity index (χ1v) is 8.08. The summed E-state index contributed by atoms with van der Waals surface area (Å²) in [5.41, 5.74) is 4.77.